The van der Waals surface area contributed by atoms with Gasteiger partial charge in [0.2, 0.25) is 0 Å². The Kier molecular flexibility index (Phi) is 5.25. The lowest BCUT2D eigenvalue weighted by Gasteiger charge is -2.17. The zero-order valence-electron chi connectivity index (χ0n) is 12.7. The van der Waals surface area contributed by atoms with E-state index in [1.807, 2.05) is 31.2 Å². The predicted octanol–water partition coefficient (Wildman–Crippen LogP) is 3.07. The fourth-order valence-electron chi connectivity index (χ4n) is 1.91. The molecule has 22 heavy (non-hydrogen) atoms. The number of nitrogens with one attached hydrogen (secondary N) is 1. The van der Waals surface area contributed by atoms with Gasteiger partial charge in [-0.2, -0.15) is 0 Å². The summed E-state index contributed by atoms with van der Waals surface area (Å²) in [5.41, 5.74) is 6.89. The Morgan fingerprint density at radius 3 is 2.45 bits per heavy atom. The summed E-state index contributed by atoms with van der Waals surface area (Å²) in [6, 6.07) is 14.3. The van der Waals surface area contributed by atoms with Crippen molar-refractivity contribution in [1.82, 2.24) is 0 Å². The first kappa shape index (κ1) is 15.7. The topological polar surface area (TPSA) is 73.6 Å². The molecule has 0 radical (unpaired) electrons. The van der Waals surface area contributed by atoms with Crippen LogP contribution in [0.3, 0.4) is 0 Å². The number of nitrogen functional groups attached to an aromatic ring is 1. The monoisotopic (exact) mass is 300 g/mol. The molecule has 5 heteroatoms. The van der Waals surface area contributed by atoms with Crippen LogP contribution in [0.1, 0.15) is 13.8 Å². The summed E-state index contributed by atoms with van der Waals surface area (Å²) >= 11 is 0. The Balaban J connectivity index is 2.04. The number of hydrogen-bond acceptors (Lipinski definition) is 4. The lowest BCUT2D eigenvalue weighted by Crippen LogP contribution is -2.30. The molecule has 0 heterocycles. The Labute approximate surface area is 130 Å². The van der Waals surface area contributed by atoms with Crippen molar-refractivity contribution in [1.29, 1.82) is 0 Å². The van der Waals surface area contributed by atoms with Crippen LogP contribution < -0.4 is 20.5 Å². The van der Waals surface area contributed by atoms with Crippen LogP contribution in [0, 0.1) is 0 Å². The number of carbonyl (C=O) groups excluding carboxylic acids is 1. The highest BCUT2D eigenvalue weighted by atomic mass is 16.5. The standard InChI is InChI=1S/C17H20N2O3/c1-3-21-15-10-6-7-11-16(15)22-12(2)17(20)19-14-9-5-4-8-13(14)18/h4-12H,3,18H2,1-2H3,(H,19,20). The molecular weight excluding hydrogens is 280 g/mol. The highest BCUT2D eigenvalue weighted by molar-refractivity contribution is 5.96. The van der Waals surface area contributed by atoms with Gasteiger partial charge in [-0.15, -0.1) is 0 Å². The Morgan fingerprint density at radius 2 is 1.77 bits per heavy atom. The van der Waals surface area contributed by atoms with Crippen molar-refractivity contribution < 1.29 is 14.3 Å². The van der Waals surface area contributed by atoms with E-state index in [1.165, 1.54) is 0 Å². The van der Waals surface area contributed by atoms with Crippen molar-refractivity contribution in [2.24, 2.45) is 0 Å². The molecule has 0 aliphatic rings. The van der Waals surface area contributed by atoms with Gasteiger partial charge in [-0.1, -0.05) is 24.3 Å². The van der Waals surface area contributed by atoms with E-state index in [1.54, 1.807) is 31.2 Å². The summed E-state index contributed by atoms with van der Waals surface area (Å²) in [5.74, 6) is 0.876. The highest BCUT2D eigenvalue weighted by Crippen LogP contribution is 2.27. The van der Waals surface area contributed by atoms with Crippen LogP contribution in [-0.4, -0.2) is 18.6 Å². The SMILES string of the molecule is CCOc1ccccc1OC(C)C(=O)Nc1ccccc1N. The van der Waals surface area contributed by atoms with E-state index in [0.29, 0.717) is 29.5 Å². The van der Waals surface area contributed by atoms with Crippen molar-refractivity contribution in [3.05, 3.63) is 48.5 Å². The molecule has 1 amide bonds. The van der Waals surface area contributed by atoms with E-state index in [2.05, 4.69) is 5.32 Å². The summed E-state index contributed by atoms with van der Waals surface area (Å²) < 4.78 is 11.2. The third-order valence-electron chi connectivity index (χ3n) is 3.04. The van der Waals surface area contributed by atoms with Gasteiger partial charge in [0, 0.05) is 0 Å². The van der Waals surface area contributed by atoms with Crippen molar-refractivity contribution in [3.8, 4) is 11.5 Å². The number of benzene rings is 2. The second-order valence-corrected chi connectivity index (χ2v) is 4.72. The molecule has 0 aromatic heterocycles. The zero-order chi connectivity index (χ0) is 15.9. The van der Waals surface area contributed by atoms with Crippen LogP contribution in [0.2, 0.25) is 0 Å². The summed E-state index contributed by atoms with van der Waals surface area (Å²) in [7, 11) is 0. The van der Waals surface area contributed by atoms with E-state index < -0.39 is 6.10 Å². The van der Waals surface area contributed by atoms with Gasteiger partial charge in [0.25, 0.3) is 5.91 Å². The van der Waals surface area contributed by atoms with Crippen molar-refractivity contribution >= 4 is 17.3 Å². The normalized spacial score (nSPS) is 11.5. The predicted molar refractivity (Wildman–Crippen MR) is 87.2 cm³/mol. The average Bonchev–Trinajstić information content (AvgIpc) is 2.51. The molecule has 1 unspecified atom stereocenters. The molecular formula is C17H20N2O3. The molecule has 2 aromatic rings. The molecule has 0 saturated heterocycles. The van der Waals surface area contributed by atoms with Crippen LogP contribution >= 0.6 is 0 Å². The number of para-hydroxylation sites is 4. The van der Waals surface area contributed by atoms with E-state index in [4.69, 9.17) is 15.2 Å². The average molecular weight is 300 g/mol. The maximum atomic E-state index is 12.2. The largest absolute Gasteiger partial charge is 0.490 e. The van der Waals surface area contributed by atoms with Crippen LogP contribution in [0.25, 0.3) is 0 Å². The van der Waals surface area contributed by atoms with E-state index >= 15 is 0 Å². The fourth-order valence-corrected chi connectivity index (χ4v) is 1.91. The van der Waals surface area contributed by atoms with Gasteiger partial charge in [-0.3, -0.25) is 4.79 Å². The van der Waals surface area contributed by atoms with E-state index in [-0.39, 0.29) is 5.91 Å². The minimum atomic E-state index is -0.679. The van der Waals surface area contributed by atoms with Gasteiger partial charge in [0.05, 0.1) is 18.0 Å². The Bertz CT molecular complexity index is 643. The number of amides is 1. The van der Waals surface area contributed by atoms with Gasteiger partial charge < -0.3 is 20.5 Å². The second kappa shape index (κ2) is 7.36. The highest BCUT2D eigenvalue weighted by Gasteiger charge is 2.17. The first-order valence-electron chi connectivity index (χ1n) is 7.15. The van der Waals surface area contributed by atoms with Crippen LogP contribution in [0.15, 0.2) is 48.5 Å². The smallest absolute Gasteiger partial charge is 0.265 e. The molecule has 5 nitrogen and oxygen atoms in total. The molecule has 2 aromatic carbocycles. The molecule has 1 atom stereocenters. The molecule has 0 saturated carbocycles. The molecule has 2 rings (SSSR count). The fraction of sp³-hybridized carbons (Fsp3) is 0.235. The number of rotatable bonds is 6. The number of carbonyl (C=O) groups is 1. The minimum Gasteiger partial charge on any atom is -0.490 e. The van der Waals surface area contributed by atoms with Gasteiger partial charge in [0.1, 0.15) is 0 Å². The summed E-state index contributed by atoms with van der Waals surface area (Å²) in [6.07, 6.45) is -0.679. The van der Waals surface area contributed by atoms with Crippen molar-refractivity contribution in [3.63, 3.8) is 0 Å². The minimum absolute atomic E-state index is 0.274. The lowest BCUT2D eigenvalue weighted by atomic mass is 10.2. The van der Waals surface area contributed by atoms with Crippen LogP contribution in [-0.2, 0) is 4.79 Å². The molecule has 0 aliphatic heterocycles. The van der Waals surface area contributed by atoms with Gasteiger partial charge in [-0.25, -0.2) is 0 Å². The first-order valence-corrected chi connectivity index (χ1v) is 7.15. The first-order chi connectivity index (χ1) is 10.6. The molecule has 0 spiro atoms. The number of nitrogens with two attached hydrogens (primary N) is 1. The van der Waals surface area contributed by atoms with Crippen molar-refractivity contribution in [2.45, 2.75) is 20.0 Å². The molecule has 3 N–H and O–H groups in total. The Morgan fingerprint density at radius 1 is 1.14 bits per heavy atom. The van der Waals surface area contributed by atoms with Crippen LogP contribution in [0.4, 0.5) is 11.4 Å². The van der Waals surface area contributed by atoms with E-state index in [9.17, 15) is 4.79 Å². The summed E-state index contributed by atoms with van der Waals surface area (Å²) in [5, 5.41) is 2.75. The summed E-state index contributed by atoms with van der Waals surface area (Å²) in [6.45, 7) is 4.10. The third kappa shape index (κ3) is 3.91. The third-order valence-corrected chi connectivity index (χ3v) is 3.04. The van der Waals surface area contributed by atoms with Crippen molar-refractivity contribution in [2.75, 3.05) is 17.7 Å². The Hall–Kier alpha value is -2.69. The molecule has 0 fully saturated rings. The number of anilines is 2. The molecule has 0 aliphatic carbocycles. The molecule has 0 bridgehead atoms. The maximum absolute atomic E-state index is 12.2. The zero-order valence-corrected chi connectivity index (χ0v) is 12.7. The number of ether oxygens (including phenoxy) is 2. The maximum Gasteiger partial charge on any atom is 0.265 e. The van der Waals surface area contributed by atoms with E-state index in [0.717, 1.165) is 0 Å². The summed E-state index contributed by atoms with van der Waals surface area (Å²) in [4.78, 5) is 12.2. The van der Waals surface area contributed by atoms with Gasteiger partial charge in [-0.05, 0) is 38.1 Å². The van der Waals surface area contributed by atoms with Gasteiger partial charge in [0.15, 0.2) is 17.6 Å². The molecule has 116 valence electrons. The van der Waals surface area contributed by atoms with Gasteiger partial charge >= 0.3 is 0 Å². The quantitative estimate of drug-likeness (QED) is 0.804. The lowest BCUT2D eigenvalue weighted by molar-refractivity contribution is -0.122. The van der Waals surface area contributed by atoms with Crippen LogP contribution in [0.5, 0.6) is 11.5 Å². The second-order valence-electron chi connectivity index (χ2n) is 4.72. The number of hydrogen-bond donors (Lipinski definition) is 2.